The van der Waals surface area contributed by atoms with Crippen molar-refractivity contribution in [3.63, 3.8) is 0 Å². The van der Waals surface area contributed by atoms with Crippen LogP contribution in [0.25, 0.3) is 0 Å². The molecule has 0 radical (unpaired) electrons. The molecule has 0 bridgehead atoms. The van der Waals surface area contributed by atoms with Crippen molar-refractivity contribution in [3.8, 4) is 0 Å². The molecule has 0 aliphatic carbocycles. The molecule has 0 N–H and O–H groups in total. The highest BCUT2D eigenvalue weighted by Gasteiger charge is 2.25. The molecule has 1 saturated heterocycles. The standard InChI is InChI=1S/C12H11BrF2O2/c13-9-1-2-10(14)8(12(9)15)5-11(16)7-3-4-17-6-7/h1-2,7H,3-6H2. The van der Waals surface area contributed by atoms with E-state index < -0.39 is 11.6 Å². The van der Waals surface area contributed by atoms with Crippen LogP contribution in [0, 0.1) is 17.6 Å². The number of ether oxygens (including phenoxy) is 1. The summed E-state index contributed by atoms with van der Waals surface area (Å²) in [5.74, 6) is -1.78. The fourth-order valence-corrected chi connectivity index (χ4v) is 2.21. The van der Waals surface area contributed by atoms with E-state index in [2.05, 4.69) is 15.9 Å². The third kappa shape index (κ3) is 2.72. The number of hydrogen-bond acceptors (Lipinski definition) is 2. The molecule has 92 valence electrons. The van der Waals surface area contributed by atoms with Gasteiger partial charge in [-0.15, -0.1) is 0 Å². The number of rotatable bonds is 3. The Hall–Kier alpha value is -0.810. The Morgan fingerprint density at radius 3 is 2.88 bits per heavy atom. The van der Waals surface area contributed by atoms with Crippen LogP contribution in [-0.4, -0.2) is 19.0 Å². The smallest absolute Gasteiger partial charge is 0.143 e. The van der Waals surface area contributed by atoms with E-state index in [4.69, 9.17) is 4.74 Å². The zero-order valence-electron chi connectivity index (χ0n) is 9.01. The van der Waals surface area contributed by atoms with Crippen LogP contribution < -0.4 is 0 Å². The molecule has 0 saturated carbocycles. The molecule has 1 aliphatic rings. The van der Waals surface area contributed by atoms with E-state index in [1.54, 1.807) is 0 Å². The number of halogens is 3. The SMILES string of the molecule is O=C(Cc1c(F)ccc(Br)c1F)C1CCOC1. The van der Waals surface area contributed by atoms with Crippen molar-refractivity contribution in [2.24, 2.45) is 5.92 Å². The highest BCUT2D eigenvalue weighted by atomic mass is 79.9. The van der Waals surface area contributed by atoms with Crippen molar-refractivity contribution >= 4 is 21.7 Å². The molecule has 2 rings (SSSR count). The lowest BCUT2D eigenvalue weighted by molar-refractivity contribution is -0.122. The molecule has 1 aromatic rings. The van der Waals surface area contributed by atoms with E-state index in [0.29, 0.717) is 19.6 Å². The van der Waals surface area contributed by atoms with Crippen LogP contribution in [0.2, 0.25) is 0 Å². The summed E-state index contributed by atoms with van der Waals surface area (Å²) in [5.41, 5.74) is -0.170. The van der Waals surface area contributed by atoms with E-state index in [-0.39, 0.29) is 28.2 Å². The van der Waals surface area contributed by atoms with Crippen molar-refractivity contribution in [1.29, 1.82) is 0 Å². The third-order valence-electron chi connectivity index (χ3n) is 2.87. The summed E-state index contributed by atoms with van der Waals surface area (Å²) in [6.45, 7) is 0.899. The van der Waals surface area contributed by atoms with Crippen molar-refractivity contribution in [3.05, 3.63) is 33.8 Å². The Morgan fingerprint density at radius 1 is 1.47 bits per heavy atom. The molecule has 0 spiro atoms. The summed E-state index contributed by atoms with van der Waals surface area (Å²) in [7, 11) is 0. The van der Waals surface area contributed by atoms with Gasteiger partial charge in [-0.05, 0) is 34.5 Å². The molecule has 1 fully saturated rings. The molecule has 2 nitrogen and oxygen atoms in total. The van der Waals surface area contributed by atoms with Gasteiger partial charge in [-0.1, -0.05) is 0 Å². The minimum absolute atomic E-state index is 0.168. The summed E-state index contributed by atoms with van der Waals surface area (Å²) in [6.07, 6.45) is 0.418. The molecule has 5 heteroatoms. The Bertz CT molecular complexity index is 442. The molecule has 1 heterocycles. The van der Waals surface area contributed by atoms with Crippen molar-refractivity contribution in [2.45, 2.75) is 12.8 Å². The Kier molecular flexibility index (Phi) is 3.89. The highest BCUT2D eigenvalue weighted by Crippen LogP contribution is 2.24. The zero-order valence-corrected chi connectivity index (χ0v) is 10.6. The van der Waals surface area contributed by atoms with Gasteiger partial charge in [0.15, 0.2) is 0 Å². The maximum atomic E-state index is 13.6. The molecule has 1 aliphatic heterocycles. The van der Waals surface area contributed by atoms with Crippen molar-refractivity contribution in [1.82, 2.24) is 0 Å². The maximum absolute atomic E-state index is 13.6. The fourth-order valence-electron chi connectivity index (χ4n) is 1.84. The lowest BCUT2D eigenvalue weighted by Gasteiger charge is -2.09. The van der Waals surface area contributed by atoms with Crippen LogP contribution in [0.1, 0.15) is 12.0 Å². The van der Waals surface area contributed by atoms with E-state index >= 15 is 0 Å². The summed E-state index contributed by atoms with van der Waals surface area (Å²) >= 11 is 2.98. The second-order valence-corrected chi connectivity index (χ2v) is 4.88. The van der Waals surface area contributed by atoms with Gasteiger partial charge in [0.1, 0.15) is 17.4 Å². The molecule has 1 unspecified atom stereocenters. The van der Waals surface area contributed by atoms with E-state index in [1.165, 1.54) is 6.07 Å². The normalized spacial score (nSPS) is 19.6. The van der Waals surface area contributed by atoms with Gasteiger partial charge in [-0.25, -0.2) is 8.78 Å². The number of Topliss-reactive ketones (excluding diaryl/α,β-unsaturated/α-hetero) is 1. The summed E-state index contributed by atoms with van der Waals surface area (Å²) in [5, 5.41) is 0. The lowest BCUT2D eigenvalue weighted by atomic mass is 9.97. The van der Waals surface area contributed by atoms with Crippen LogP contribution >= 0.6 is 15.9 Å². The quantitative estimate of drug-likeness (QED) is 0.803. The first-order valence-corrected chi connectivity index (χ1v) is 6.11. The van der Waals surface area contributed by atoms with E-state index in [9.17, 15) is 13.6 Å². The number of carbonyl (C=O) groups is 1. The molecule has 1 atom stereocenters. The zero-order chi connectivity index (χ0) is 12.4. The van der Waals surface area contributed by atoms with E-state index in [0.717, 1.165) is 6.07 Å². The molecule has 1 aromatic carbocycles. The minimum Gasteiger partial charge on any atom is -0.381 e. The monoisotopic (exact) mass is 304 g/mol. The second-order valence-electron chi connectivity index (χ2n) is 4.03. The van der Waals surface area contributed by atoms with Crippen LogP contribution in [-0.2, 0) is 16.0 Å². The summed E-state index contributed by atoms with van der Waals surface area (Å²) in [6, 6.07) is 2.44. The number of hydrogen-bond donors (Lipinski definition) is 0. The van der Waals surface area contributed by atoms with Gasteiger partial charge in [0.2, 0.25) is 0 Å². The minimum atomic E-state index is -0.697. The topological polar surface area (TPSA) is 26.3 Å². The number of benzene rings is 1. The number of carbonyl (C=O) groups excluding carboxylic acids is 1. The Morgan fingerprint density at radius 2 is 2.24 bits per heavy atom. The molecule has 0 amide bonds. The van der Waals surface area contributed by atoms with Gasteiger partial charge in [0.25, 0.3) is 0 Å². The fraction of sp³-hybridized carbons (Fsp3) is 0.417. The number of ketones is 1. The Labute approximate surface area is 106 Å². The average Bonchev–Trinajstić information content (AvgIpc) is 2.83. The second kappa shape index (κ2) is 5.23. The average molecular weight is 305 g/mol. The largest absolute Gasteiger partial charge is 0.381 e. The van der Waals surface area contributed by atoms with Gasteiger partial charge < -0.3 is 4.74 Å². The summed E-state index contributed by atoms with van der Waals surface area (Å²) < 4.78 is 32.3. The predicted molar refractivity (Wildman–Crippen MR) is 61.7 cm³/mol. The Balaban J connectivity index is 2.17. The third-order valence-corrected chi connectivity index (χ3v) is 3.49. The van der Waals surface area contributed by atoms with Crippen LogP contribution in [0.3, 0.4) is 0 Å². The van der Waals surface area contributed by atoms with Gasteiger partial charge in [-0.3, -0.25) is 4.79 Å². The first kappa shape index (κ1) is 12.6. The van der Waals surface area contributed by atoms with Crippen molar-refractivity contribution < 1.29 is 18.3 Å². The van der Waals surface area contributed by atoms with Crippen molar-refractivity contribution in [2.75, 3.05) is 13.2 Å². The molecule has 17 heavy (non-hydrogen) atoms. The molecular weight excluding hydrogens is 294 g/mol. The first-order chi connectivity index (χ1) is 8.09. The maximum Gasteiger partial charge on any atom is 0.143 e. The summed E-state index contributed by atoms with van der Waals surface area (Å²) in [4.78, 5) is 11.8. The van der Waals surface area contributed by atoms with Gasteiger partial charge in [0, 0.05) is 24.5 Å². The van der Waals surface area contributed by atoms with E-state index in [1.807, 2.05) is 0 Å². The lowest BCUT2D eigenvalue weighted by Crippen LogP contribution is -2.18. The van der Waals surface area contributed by atoms with Crippen LogP contribution in [0.4, 0.5) is 8.78 Å². The van der Waals surface area contributed by atoms with Gasteiger partial charge in [-0.2, -0.15) is 0 Å². The van der Waals surface area contributed by atoms with Gasteiger partial charge in [0.05, 0.1) is 11.1 Å². The highest BCUT2D eigenvalue weighted by molar-refractivity contribution is 9.10. The van der Waals surface area contributed by atoms with Crippen LogP contribution in [0.15, 0.2) is 16.6 Å². The van der Waals surface area contributed by atoms with Crippen LogP contribution in [0.5, 0.6) is 0 Å². The molecular formula is C12H11BrF2O2. The molecule has 0 aromatic heterocycles. The predicted octanol–water partition coefficient (Wildman–Crippen LogP) is 2.88. The van der Waals surface area contributed by atoms with Gasteiger partial charge >= 0.3 is 0 Å². The first-order valence-electron chi connectivity index (χ1n) is 5.32.